The van der Waals surface area contributed by atoms with Crippen LogP contribution in [-0.2, 0) is 9.57 Å². The van der Waals surface area contributed by atoms with Gasteiger partial charge in [0.05, 0.1) is 29.6 Å². The smallest absolute Gasteiger partial charge is 0.337 e. The Kier molecular flexibility index (Phi) is 3.90. The third-order valence-corrected chi connectivity index (χ3v) is 4.26. The fraction of sp³-hybridized carbons (Fsp3) is 0.150. The zero-order chi connectivity index (χ0) is 17.2. The molecule has 2 heterocycles. The van der Waals surface area contributed by atoms with Gasteiger partial charge in [-0.2, -0.15) is 0 Å². The quantitative estimate of drug-likeness (QED) is 0.683. The molecule has 0 bridgehead atoms. The number of methoxy groups -OCH3 is 1. The van der Waals surface area contributed by atoms with Crippen LogP contribution in [0.15, 0.2) is 65.8 Å². The van der Waals surface area contributed by atoms with E-state index in [1.54, 1.807) is 12.1 Å². The normalized spacial score (nSPS) is 16.4. The molecule has 0 spiro atoms. The second-order valence-electron chi connectivity index (χ2n) is 5.83. The molecule has 0 saturated heterocycles. The van der Waals surface area contributed by atoms with Crippen molar-refractivity contribution in [3.05, 3.63) is 77.5 Å². The van der Waals surface area contributed by atoms with Crippen molar-refractivity contribution >= 4 is 22.6 Å². The molecule has 124 valence electrons. The van der Waals surface area contributed by atoms with Crippen molar-refractivity contribution in [1.82, 2.24) is 4.98 Å². The zero-order valence-electron chi connectivity index (χ0n) is 13.7. The molecule has 5 heteroatoms. The molecule has 0 amide bonds. The molecule has 1 aliphatic heterocycles. The number of hydrogen-bond acceptors (Lipinski definition) is 5. The van der Waals surface area contributed by atoms with Gasteiger partial charge in [0.15, 0.2) is 6.10 Å². The van der Waals surface area contributed by atoms with E-state index in [4.69, 9.17) is 9.57 Å². The molecule has 0 N–H and O–H groups in total. The second-order valence-corrected chi connectivity index (χ2v) is 5.83. The minimum atomic E-state index is -0.352. The van der Waals surface area contributed by atoms with Crippen molar-refractivity contribution in [1.29, 1.82) is 0 Å². The number of hydrogen-bond donors (Lipinski definition) is 0. The standard InChI is InChI=1S/C20H16N2O3/c1-24-20(23)15-8-6-14(7-9-15)18-12-19(25-22-18)17-11-10-13-4-2-3-5-16(13)21-17/h2-11,19H,12H2,1H3. The molecule has 25 heavy (non-hydrogen) atoms. The maximum atomic E-state index is 11.5. The lowest BCUT2D eigenvalue weighted by molar-refractivity contribution is 0.0600. The molecule has 3 aromatic rings. The zero-order valence-corrected chi connectivity index (χ0v) is 13.7. The Morgan fingerprint density at radius 2 is 1.88 bits per heavy atom. The Morgan fingerprint density at radius 3 is 2.68 bits per heavy atom. The number of oxime groups is 1. The summed E-state index contributed by atoms with van der Waals surface area (Å²) in [6.45, 7) is 0. The average molecular weight is 332 g/mol. The minimum Gasteiger partial charge on any atom is -0.465 e. The fourth-order valence-corrected chi connectivity index (χ4v) is 2.88. The van der Waals surface area contributed by atoms with Crippen molar-refractivity contribution < 1.29 is 14.4 Å². The highest BCUT2D eigenvalue weighted by atomic mass is 16.6. The van der Waals surface area contributed by atoms with E-state index in [1.807, 2.05) is 48.5 Å². The van der Waals surface area contributed by atoms with Gasteiger partial charge in [-0.15, -0.1) is 0 Å². The summed E-state index contributed by atoms with van der Waals surface area (Å²) < 4.78 is 4.71. The predicted molar refractivity (Wildman–Crippen MR) is 94.5 cm³/mol. The van der Waals surface area contributed by atoms with Crippen LogP contribution in [0.5, 0.6) is 0 Å². The van der Waals surface area contributed by atoms with E-state index in [0.717, 1.165) is 27.9 Å². The van der Waals surface area contributed by atoms with Gasteiger partial charge in [0.2, 0.25) is 0 Å². The lowest BCUT2D eigenvalue weighted by atomic mass is 10.0. The minimum absolute atomic E-state index is 0.195. The number of benzene rings is 2. The van der Waals surface area contributed by atoms with Crippen LogP contribution in [0.3, 0.4) is 0 Å². The Labute approximate surface area is 144 Å². The Bertz CT molecular complexity index is 964. The van der Waals surface area contributed by atoms with Gasteiger partial charge in [-0.05, 0) is 29.8 Å². The number of pyridine rings is 1. The van der Waals surface area contributed by atoms with Gasteiger partial charge < -0.3 is 9.57 Å². The third-order valence-electron chi connectivity index (χ3n) is 4.26. The second kappa shape index (κ2) is 6.36. The summed E-state index contributed by atoms with van der Waals surface area (Å²) >= 11 is 0. The highest BCUT2D eigenvalue weighted by Crippen LogP contribution is 2.29. The number of ether oxygens (including phenoxy) is 1. The summed E-state index contributed by atoms with van der Waals surface area (Å²) in [6.07, 6.45) is 0.447. The fourth-order valence-electron chi connectivity index (χ4n) is 2.88. The van der Waals surface area contributed by atoms with E-state index in [0.29, 0.717) is 12.0 Å². The maximum Gasteiger partial charge on any atom is 0.337 e. The first-order chi connectivity index (χ1) is 12.2. The summed E-state index contributed by atoms with van der Waals surface area (Å²) in [7, 11) is 1.37. The van der Waals surface area contributed by atoms with Gasteiger partial charge >= 0.3 is 5.97 Å². The van der Waals surface area contributed by atoms with Gasteiger partial charge in [-0.25, -0.2) is 9.78 Å². The van der Waals surface area contributed by atoms with E-state index >= 15 is 0 Å². The molecular weight excluding hydrogens is 316 g/mol. The van der Waals surface area contributed by atoms with Crippen LogP contribution in [0.2, 0.25) is 0 Å². The number of carbonyl (C=O) groups excluding carboxylic acids is 1. The van der Waals surface area contributed by atoms with Gasteiger partial charge in [-0.1, -0.05) is 41.6 Å². The first-order valence-corrected chi connectivity index (χ1v) is 8.02. The molecule has 2 aromatic carbocycles. The summed E-state index contributed by atoms with van der Waals surface area (Å²) in [5.41, 5.74) is 4.09. The van der Waals surface area contributed by atoms with Crippen LogP contribution in [0.1, 0.15) is 34.1 Å². The highest BCUT2D eigenvalue weighted by Gasteiger charge is 2.25. The molecule has 1 aromatic heterocycles. The van der Waals surface area contributed by atoms with Crippen LogP contribution >= 0.6 is 0 Å². The van der Waals surface area contributed by atoms with Crippen molar-refractivity contribution in [2.75, 3.05) is 7.11 Å². The molecule has 5 nitrogen and oxygen atoms in total. The summed E-state index contributed by atoms with van der Waals surface area (Å²) in [5, 5.41) is 5.30. The molecule has 1 aliphatic rings. The average Bonchev–Trinajstić information content (AvgIpc) is 3.17. The number of esters is 1. The van der Waals surface area contributed by atoms with Crippen LogP contribution in [-0.4, -0.2) is 23.8 Å². The topological polar surface area (TPSA) is 60.8 Å². The Morgan fingerprint density at radius 1 is 1.08 bits per heavy atom. The van der Waals surface area contributed by atoms with E-state index in [9.17, 15) is 4.79 Å². The van der Waals surface area contributed by atoms with Gasteiger partial charge in [0.1, 0.15) is 0 Å². The summed E-state index contributed by atoms with van der Waals surface area (Å²) in [6, 6.07) is 19.2. The summed E-state index contributed by atoms with van der Waals surface area (Å²) in [5.74, 6) is -0.352. The van der Waals surface area contributed by atoms with E-state index in [2.05, 4.69) is 10.1 Å². The Hall–Kier alpha value is -3.21. The monoisotopic (exact) mass is 332 g/mol. The summed E-state index contributed by atoms with van der Waals surface area (Å²) in [4.78, 5) is 21.8. The van der Waals surface area contributed by atoms with Crippen molar-refractivity contribution in [2.45, 2.75) is 12.5 Å². The number of fused-ring (bicyclic) bond motifs is 1. The van der Waals surface area contributed by atoms with Crippen LogP contribution in [0, 0.1) is 0 Å². The third kappa shape index (κ3) is 2.96. The van der Waals surface area contributed by atoms with Gasteiger partial charge in [0.25, 0.3) is 0 Å². The SMILES string of the molecule is COC(=O)c1ccc(C2=NOC(c3ccc4ccccc4n3)C2)cc1. The largest absolute Gasteiger partial charge is 0.465 e. The lowest BCUT2D eigenvalue weighted by Gasteiger charge is -2.08. The molecule has 1 atom stereocenters. The molecular formula is C20H16N2O3. The first kappa shape index (κ1) is 15.3. The van der Waals surface area contributed by atoms with Crippen LogP contribution < -0.4 is 0 Å². The molecule has 0 saturated carbocycles. The van der Waals surface area contributed by atoms with E-state index < -0.39 is 0 Å². The molecule has 0 radical (unpaired) electrons. The molecule has 0 aliphatic carbocycles. The van der Waals surface area contributed by atoms with Crippen LogP contribution in [0.25, 0.3) is 10.9 Å². The van der Waals surface area contributed by atoms with Gasteiger partial charge in [-0.3, -0.25) is 0 Å². The van der Waals surface area contributed by atoms with Crippen molar-refractivity contribution in [3.63, 3.8) is 0 Å². The van der Waals surface area contributed by atoms with Crippen LogP contribution in [0.4, 0.5) is 0 Å². The molecule has 0 fully saturated rings. The van der Waals surface area contributed by atoms with Crippen molar-refractivity contribution in [3.8, 4) is 0 Å². The first-order valence-electron chi connectivity index (χ1n) is 8.02. The number of aromatic nitrogens is 1. The lowest BCUT2D eigenvalue weighted by Crippen LogP contribution is -2.05. The molecule has 1 unspecified atom stereocenters. The van der Waals surface area contributed by atoms with Crippen molar-refractivity contribution in [2.24, 2.45) is 5.16 Å². The van der Waals surface area contributed by atoms with Gasteiger partial charge in [0, 0.05) is 11.8 Å². The maximum absolute atomic E-state index is 11.5. The number of rotatable bonds is 3. The number of para-hydroxylation sites is 1. The molecule has 4 rings (SSSR count). The number of nitrogens with zero attached hydrogens (tertiary/aromatic N) is 2. The number of carbonyl (C=O) groups is 1. The highest BCUT2D eigenvalue weighted by molar-refractivity contribution is 6.02. The van der Waals surface area contributed by atoms with E-state index in [-0.39, 0.29) is 12.1 Å². The Balaban J connectivity index is 1.52. The van der Waals surface area contributed by atoms with E-state index in [1.165, 1.54) is 7.11 Å². The predicted octanol–water partition coefficient (Wildman–Crippen LogP) is 3.89.